The van der Waals surface area contributed by atoms with Gasteiger partial charge >= 0.3 is 0 Å². The van der Waals surface area contributed by atoms with Gasteiger partial charge in [-0.25, -0.2) is 14.6 Å². The summed E-state index contributed by atoms with van der Waals surface area (Å²) in [5.74, 6) is 0.891. The van der Waals surface area contributed by atoms with Gasteiger partial charge in [0.05, 0.1) is 41.4 Å². The number of hydrogen-bond donors (Lipinski definition) is 3. The normalized spacial score (nSPS) is 19.6. The molecule has 1 fully saturated rings. The van der Waals surface area contributed by atoms with E-state index in [0.717, 1.165) is 40.8 Å². The Kier molecular flexibility index (Phi) is 4.78. The summed E-state index contributed by atoms with van der Waals surface area (Å²) in [6.07, 6.45) is 1.20. The summed E-state index contributed by atoms with van der Waals surface area (Å²) in [6.45, 7) is -0.128. The first kappa shape index (κ1) is 18.9. The Morgan fingerprint density at radius 3 is 2.60 bits per heavy atom. The van der Waals surface area contributed by atoms with Gasteiger partial charge in [-0.1, -0.05) is 30.3 Å². The van der Waals surface area contributed by atoms with Crippen LogP contribution in [-0.2, 0) is 6.61 Å². The second-order valence-corrected chi connectivity index (χ2v) is 7.78. The molecule has 3 heterocycles. The van der Waals surface area contributed by atoms with Crippen LogP contribution in [0.15, 0.2) is 60.7 Å². The highest BCUT2D eigenvalue weighted by atomic mass is 16.3. The van der Waals surface area contributed by atoms with E-state index in [4.69, 9.17) is 15.8 Å². The summed E-state index contributed by atoms with van der Waals surface area (Å²) < 4.78 is 1.78. The van der Waals surface area contributed by atoms with E-state index in [1.165, 1.54) is 0 Å². The standard InChI is InChI=1S/C23H23N5O2/c24-22(14-11-16(30)12-14)18-7-4-8-19(26-18)23-17-6-1-2-9-20(17)28(27-23)21-10-3-5-15(13-29)25-21/h1-10,14,16,22,29-30H,11-13,24H2/t14?,16?,22-/m1/s1. The fourth-order valence-corrected chi connectivity index (χ4v) is 4.04. The molecular weight excluding hydrogens is 378 g/mol. The lowest BCUT2D eigenvalue weighted by atomic mass is 9.76. The molecule has 0 unspecified atom stereocenters. The second kappa shape index (κ2) is 7.60. The molecule has 30 heavy (non-hydrogen) atoms. The molecule has 1 atom stereocenters. The third kappa shape index (κ3) is 3.27. The molecule has 7 nitrogen and oxygen atoms in total. The zero-order valence-corrected chi connectivity index (χ0v) is 16.4. The maximum absolute atomic E-state index is 9.60. The second-order valence-electron chi connectivity index (χ2n) is 7.78. The Balaban J connectivity index is 1.59. The number of aliphatic hydroxyl groups excluding tert-OH is 2. The van der Waals surface area contributed by atoms with Crippen LogP contribution in [0.3, 0.4) is 0 Å². The number of aromatic nitrogens is 4. The van der Waals surface area contributed by atoms with E-state index < -0.39 is 0 Å². The van der Waals surface area contributed by atoms with Crippen LogP contribution in [0, 0.1) is 5.92 Å². The van der Waals surface area contributed by atoms with Crippen LogP contribution in [0.1, 0.15) is 30.3 Å². The van der Waals surface area contributed by atoms with Crippen molar-refractivity contribution in [1.82, 2.24) is 19.7 Å². The summed E-state index contributed by atoms with van der Waals surface area (Å²) in [7, 11) is 0. The smallest absolute Gasteiger partial charge is 0.154 e. The molecule has 1 aromatic carbocycles. The first-order chi connectivity index (χ1) is 14.6. The molecule has 1 saturated carbocycles. The fraction of sp³-hybridized carbons (Fsp3) is 0.261. The topological polar surface area (TPSA) is 110 Å². The van der Waals surface area contributed by atoms with E-state index in [1.54, 1.807) is 10.7 Å². The van der Waals surface area contributed by atoms with Crippen molar-refractivity contribution in [1.29, 1.82) is 0 Å². The summed E-state index contributed by atoms with van der Waals surface area (Å²) in [5, 5.41) is 24.8. The quantitative estimate of drug-likeness (QED) is 0.474. The zero-order chi connectivity index (χ0) is 20.7. The van der Waals surface area contributed by atoms with Gasteiger partial charge in [0, 0.05) is 5.39 Å². The van der Waals surface area contributed by atoms with Gasteiger partial charge in [-0.3, -0.25) is 0 Å². The monoisotopic (exact) mass is 401 g/mol. The Morgan fingerprint density at radius 2 is 1.80 bits per heavy atom. The highest BCUT2D eigenvalue weighted by Gasteiger charge is 2.33. The van der Waals surface area contributed by atoms with Crippen molar-refractivity contribution >= 4 is 10.9 Å². The number of para-hydroxylation sites is 1. The minimum Gasteiger partial charge on any atom is -0.393 e. The van der Waals surface area contributed by atoms with Gasteiger partial charge in [0.1, 0.15) is 5.69 Å². The Bertz CT molecular complexity index is 1200. The molecule has 3 aromatic heterocycles. The molecule has 0 spiro atoms. The van der Waals surface area contributed by atoms with Crippen molar-refractivity contribution in [3.63, 3.8) is 0 Å². The molecule has 0 bridgehead atoms. The summed E-state index contributed by atoms with van der Waals surface area (Å²) in [5.41, 5.74) is 10.2. The number of nitrogens with zero attached hydrogens (tertiary/aromatic N) is 4. The van der Waals surface area contributed by atoms with E-state index in [0.29, 0.717) is 11.5 Å². The van der Waals surface area contributed by atoms with Gasteiger partial charge < -0.3 is 15.9 Å². The van der Waals surface area contributed by atoms with E-state index in [1.807, 2.05) is 54.6 Å². The van der Waals surface area contributed by atoms with E-state index in [-0.39, 0.29) is 24.7 Å². The molecule has 0 amide bonds. The van der Waals surface area contributed by atoms with Crippen LogP contribution in [0.5, 0.6) is 0 Å². The minimum absolute atomic E-state index is 0.128. The van der Waals surface area contributed by atoms with Gasteiger partial charge in [0.15, 0.2) is 5.82 Å². The molecule has 0 radical (unpaired) electrons. The number of fused-ring (bicyclic) bond motifs is 1. The van der Waals surface area contributed by atoms with Gasteiger partial charge in [0.2, 0.25) is 0 Å². The molecule has 0 aliphatic heterocycles. The molecule has 7 heteroatoms. The average Bonchev–Trinajstić information content (AvgIpc) is 3.16. The van der Waals surface area contributed by atoms with Gasteiger partial charge in [-0.15, -0.1) is 0 Å². The highest BCUT2D eigenvalue weighted by molar-refractivity contribution is 5.93. The average molecular weight is 401 g/mol. The summed E-state index contributed by atoms with van der Waals surface area (Å²) >= 11 is 0. The van der Waals surface area contributed by atoms with E-state index >= 15 is 0 Å². The molecule has 4 aromatic rings. The molecule has 1 aliphatic rings. The van der Waals surface area contributed by atoms with E-state index in [2.05, 4.69) is 4.98 Å². The molecule has 4 N–H and O–H groups in total. The largest absolute Gasteiger partial charge is 0.393 e. The molecule has 5 rings (SSSR count). The van der Waals surface area contributed by atoms with Crippen LogP contribution in [0.4, 0.5) is 0 Å². The van der Waals surface area contributed by atoms with Gasteiger partial charge in [-0.2, -0.15) is 5.10 Å². The lowest BCUT2D eigenvalue weighted by Gasteiger charge is -2.35. The van der Waals surface area contributed by atoms with Crippen molar-refractivity contribution in [3.8, 4) is 17.2 Å². The maximum Gasteiger partial charge on any atom is 0.154 e. The minimum atomic E-state index is -0.244. The molecule has 152 valence electrons. The highest BCUT2D eigenvalue weighted by Crippen LogP contribution is 2.37. The van der Waals surface area contributed by atoms with Crippen molar-refractivity contribution in [3.05, 3.63) is 72.1 Å². The summed E-state index contributed by atoms with van der Waals surface area (Å²) in [6, 6.07) is 19.1. The Hall–Kier alpha value is -3.13. The lowest BCUT2D eigenvalue weighted by molar-refractivity contribution is 0.0302. The van der Waals surface area contributed by atoms with Gasteiger partial charge in [-0.05, 0) is 49.1 Å². The van der Waals surface area contributed by atoms with Crippen molar-refractivity contribution in [2.75, 3.05) is 0 Å². The van der Waals surface area contributed by atoms with Crippen molar-refractivity contribution in [2.24, 2.45) is 11.7 Å². The number of rotatable bonds is 5. The van der Waals surface area contributed by atoms with Crippen LogP contribution >= 0.6 is 0 Å². The maximum atomic E-state index is 9.60. The third-order valence-corrected chi connectivity index (χ3v) is 5.77. The number of aliphatic hydroxyl groups is 2. The van der Waals surface area contributed by atoms with Crippen molar-refractivity contribution in [2.45, 2.75) is 31.6 Å². The van der Waals surface area contributed by atoms with Crippen molar-refractivity contribution < 1.29 is 10.2 Å². The lowest BCUT2D eigenvalue weighted by Crippen LogP contribution is -2.36. The number of benzene rings is 1. The number of nitrogens with two attached hydrogens (primary N) is 1. The van der Waals surface area contributed by atoms with Crippen LogP contribution in [0.2, 0.25) is 0 Å². The number of pyridine rings is 2. The zero-order valence-electron chi connectivity index (χ0n) is 16.4. The number of hydrogen-bond acceptors (Lipinski definition) is 6. The fourth-order valence-electron chi connectivity index (χ4n) is 4.04. The Morgan fingerprint density at radius 1 is 1.00 bits per heavy atom. The van der Waals surface area contributed by atoms with Crippen LogP contribution in [-0.4, -0.2) is 36.1 Å². The van der Waals surface area contributed by atoms with Gasteiger partial charge in [0.25, 0.3) is 0 Å². The first-order valence-corrected chi connectivity index (χ1v) is 10.1. The predicted octanol–water partition coefficient (Wildman–Crippen LogP) is 2.75. The summed E-state index contributed by atoms with van der Waals surface area (Å²) in [4.78, 5) is 9.32. The Labute approximate surface area is 173 Å². The van der Waals surface area contributed by atoms with Crippen LogP contribution < -0.4 is 5.73 Å². The molecule has 0 saturated heterocycles. The van der Waals surface area contributed by atoms with Crippen LogP contribution in [0.25, 0.3) is 28.1 Å². The first-order valence-electron chi connectivity index (χ1n) is 10.1. The molecular formula is C23H23N5O2. The SMILES string of the molecule is N[C@@H](c1cccc(-c2nn(-c3cccc(CO)n3)c3ccccc23)n1)C1CC(O)C1. The van der Waals surface area contributed by atoms with E-state index in [9.17, 15) is 10.2 Å². The molecule has 1 aliphatic carbocycles. The third-order valence-electron chi connectivity index (χ3n) is 5.77. The predicted molar refractivity (Wildman–Crippen MR) is 114 cm³/mol.